The predicted molar refractivity (Wildman–Crippen MR) is 80.0 cm³/mol. The zero-order valence-corrected chi connectivity index (χ0v) is 13.2. The van der Waals surface area contributed by atoms with Gasteiger partial charge in [-0.15, -0.1) is 5.10 Å². The van der Waals surface area contributed by atoms with Crippen molar-refractivity contribution in [3.63, 3.8) is 0 Å². The summed E-state index contributed by atoms with van der Waals surface area (Å²) in [6.45, 7) is 8.17. The Morgan fingerprint density at radius 3 is 2.86 bits per heavy atom. The van der Waals surface area contributed by atoms with Crippen LogP contribution in [0, 0.1) is 6.92 Å². The average molecular weight is 308 g/mol. The molecule has 0 aliphatic carbocycles. The largest absolute Gasteiger partial charge is 0.333 e. The highest BCUT2D eigenvalue weighted by Crippen LogP contribution is 2.28. The Morgan fingerprint density at radius 2 is 2.19 bits per heavy atom. The lowest BCUT2D eigenvalue weighted by Gasteiger charge is -2.33. The normalized spacial score (nSPS) is 18.0. The third kappa shape index (κ3) is 3.12. The van der Waals surface area contributed by atoms with Gasteiger partial charge in [0.1, 0.15) is 4.88 Å². The minimum absolute atomic E-state index is 0.232. The fraction of sp³-hybridized carbons (Fsp3) is 0.692. The molecule has 1 fully saturated rings. The molecule has 7 nitrogen and oxygen atoms in total. The lowest BCUT2D eigenvalue weighted by atomic mass is 10.1. The first-order chi connectivity index (χ1) is 10.3. The Kier molecular flexibility index (Phi) is 4.57. The van der Waals surface area contributed by atoms with Crippen molar-refractivity contribution >= 4 is 11.5 Å². The summed E-state index contributed by atoms with van der Waals surface area (Å²) in [5.74, 6) is 1.32. The quantitative estimate of drug-likeness (QED) is 0.899. The second-order valence-electron chi connectivity index (χ2n) is 5.24. The van der Waals surface area contributed by atoms with E-state index in [1.54, 1.807) is 0 Å². The molecule has 1 N–H and O–H groups in total. The first-order valence-electron chi connectivity index (χ1n) is 7.37. The summed E-state index contributed by atoms with van der Waals surface area (Å²) in [7, 11) is 0. The van der Waals surface area contributed by atoms with Crippen LogP contribution in [-0.4, -0.2) is 50.8 Å². The summed E-state index contributed by atoms with van der Waals surface area (Å²) >= 11 is 1.30. The van der Waals surface area contributed by atoms with Gasteiger partial charge in [-0.3, -0.25) is 4.90 Å². The zero-order valence-electron chi connectivity index (χ0n) is 12.4. The lowest BCUT2D eigenvalue weighted by Crippen LogP contribution is -2.45. The van der Waals surface area contributed by atoms with Crippen LogP contribution >= 0.6 is 11.5 Å². The summed E-state index contributed by atoms with van der Waals surface area (Å²) in [5, 5.41) is 11.6. The van der Waals surface area contributed by atoms with Crippen molar-refractivity contribution in [2.24, 2.45) is 0 Å². The number of rotatable bonds is 5. The highest BCUT2D eigenvalue weighted by Gasteiger charge is 2.26. The molecule has 0 radical (unpaired) electrons. The van der Waals surface area contributed by atoms with Crippen LogP contribution in [0.2, 0.25) is 0 Å². The van der Waals surface area contributed by atoms with Crippen LogP contribution in [-0.2, 0) is 0 Å². The summed E-state index contributed by atoms with van der Waals surface area (Å²) in [6, 6.07) is 0.232. The van der Waals surface area contributed by atoms with E-state index < -0.39 is 0 Å². The summed E-state index contributed by atoms with van der Waals surface area (Å²) < 4.78 is 9.36. The van der Waals surface area contributed by atoms with E-state index in [0.29, 0.717) is 5.89 Å². The van der Waals surface area contributed by atoms with Gasteiger partial charge in [-0.25, -0.2) is 0 Å². The van der Waals surface area contributed by atoms with E-state index in [0.717, 1.165) is 55.4 Å². The molecule has 114 valence electrons. The smallest absolute Gasteiger partial charge is 0.271 e. The molecule has 1 aliphatic heterocycles. The van der Waals surface area contributed by atoms with E-state index in [-0.39, 0.29) is 6.04 Å². The first kappa shape index (κ1) is 14.6. The molecule has 21 heavy (non-hydrogen) atoms. The highest BCUT2D eigenvalue weighted by molar-refractivity contribution is 7.09. The summed E-state index contributed by atoms with van der Waals surface area (Å²) in [6.07, 6.45) is 2.14. The molecule has 1 atom stereocenters. The fourth-order valence-electron chi connectivity index (χ4n) is 2.63. The van der Waals surface area contributed by atoms with Gasteiger partial charge in [-0.05, 0) is 24.9 Å². The second-order valence-corrected chi connectivity index (χ2v) is 5.99. The monoisotopic (exact) mass is 308 g/mol. The van der Waals surface area contributed by atoms with Gasteiger partial charge in [0.15, 0.2) is 5.82 Å². The third-order valence-electron chi connectivity index (χ3n) is 3.74. The molecule has 3 heterocycles. The molecule has 1 saturated heterocycles. The lowest BCUT2D eigenvalue weighted by molar-refractivity contribution is 0.155. The van der Waals surface area contributed by atoms with Crippen molar-refractivity contribution in [1.82, 2.24) is 29.9 Å². The molecule has 1 unspecified atom stereocenters. The Balaban J connectivity index is 1.83. The zero-order chi connectivity index (χ0) is 14.7. The third-order valence-corrected chi connectivity index (χ3v) is 4.56. The van der Waals surface area contributed by atoms with Crippen molar-refractivity contribution < 1.29 is 4.52 Å². The highest BCUT2D eigenvalue weighted by atomic mass is 32.1. The van der Waals surface area contributed by atoms with Gasteiger partial charge < -0.3 is 9.84 Å². The topological polar surface area (TPSA) is 80.0 Å². The van der Waals surface area contributed by atoms with E-state index in [1.807, 2.05) is 6.92 Å². The fourth-order valence-corrected chi connectivity index (χ4v) is 3.21. The van der Waals surface area contributed by atoms with E-state index in [9.17, 15) is 0 Å². The van der Waals surface area contributed by atoms with Gasteiger partial charge in [0.05, 0.1) is 11.7 Å². The minimum Gasteiger partial charge on any atom is -0.333 e. The van der Waals surface area contributed by atoms with Crippen LogP contribution in [0.1, 0.15) is 37.3 Å². The maximum atomic E-state index is 5.43. The van der Waals surface area contributed by atoms with Gasteiger partial charge in [-0.2, -0.15) is 4.98 Å². The number of piperazine rings is 1. The Morgan fingerprint density at radius 1 is 1.38 bits per heavy atom. The number of aromatic nitrogens is 4. The number of aryl methyl sites for hydroxylation is 1. The van der Waals surface area contributed by atoms with Gasteiger partial charge in [0.25, 0.3) is 5.89 Å². The molecule has 1 aliphatic rings. The Labute approximate surface area is 127 Å². The molecule has 0 saturated carbocycles. The van der Waals surface area contributed by atoms with Gasteiger partial charge >= 0.3 is 0 Å². The number of hydrogen-bond acceptors (Lipinski definition) is 8. The van der Waals surface area contributed by atoms with Crippen LogP contribution in [0.25, 0.3) is 10.8 Å². The molecule has 3 rings (SSSR count). The molecule has 0 amide bonds. The molecular weight excluding hydrogens is 288 g/mol. The molecule has 8 heteroatoms. The average Bonchev–Trinajstić information content (AvgIpc) is 3.14. The van der Waals surface area contributed by atoms with Crippen LogP contribution in [0.4, 0.5) is 0 Å². The minimum atomic E-state index is 0.232. The van der Waals surface area contributed by atoms with Crippen molar-refractivity contribution in [2.45, 2.75) is 32.7 Å². The van der Waals surface area contributed by atoms with Crippen molar-refractivity contribution in [3.8, 4) is 10.8 Å². The van der Waals surface area contributed by atoms with E-state index >= 15 is 0 Å². The van der Waals surface area contributed by atoms with E-state index in [2.05, 4.69) is 36.9 Å². The predicted octanol–water partition coefficient (Wildman–Crippen LogP) is 1.64. The maximum absolute atomic E-state index is 5.43. The standard InChI is InChI=1S/C13H20N6OS/c1-3-4-10(19-7-5-14-6-8-19)12-15-13(20-17-12)11-9(2)16-18-21-11/h10,14H,3-8H2,1-2H3. The van der Waals surface area contributed by atoms with Crippen molar-refractivity contribution in [2.75, 3.05) is 26.2 Å². The summed E-state index contributed by atoms with van der Waals surface area (Å²) in [5.41, 5.74) is 0.837. The van der Waals surface area contributed by atoms with E-state index in [1.165, 1.54) is 11.5 Å². The van der Waals surface area contributed by atoms with Crippen molar-refractivity contribution in [1.29, 1.82) is 0 Å². The van der Waals surface area contributed by atoms with Gasteiger partial charge in [0, 0.05) is 26.2 Å². The maximum Gasteiger partial charge on any atom is 0.271 e. The Bertz CT molecular complexity index is 577. The van der Waals surface area contributed by atoms with Crippen LogP contribution in [0.5, 0.6) is 0 Å². The van der Waals surface area contributed by atoms with Crippen LogP contribution < -0.4 is 5.32 Å². The molecule has 0 bridgehead atoms. The SMILES string of the molecule is CCCC(c1noc(-c2snnc2C)n1)N1CCNCC1. The van der Waals surface area contributed by atoms with Gasteiger partial charge in [-0.1, -0.05) is 23.0 Å². The van der Waals surface area contributed by atoms with Crippen LogP contribution in [0.3, 0.4) is 0 Å². The summed E-state index contributed by atoms with van der Waals surface area (Å²) in [4.78, 5) is 7.90. The molecule has 0 spiro atoms. The van der Waals surface area contributed by atoms with Gasteiger partial charge in [0.2, 0.25) is 0 Å². The first-order valence-corrected chi connectivity index (χ1v) is 8.14. The molecule has 0 aromatic carbocycles. The number of hydrogen-bond donors (Lipinski definition) is 1. The molecule has 2 aromatic rings. The van der Waals surface area contributed by atoms with Crippen molar-refractivity contribution in [3.05, 3.63) is 11.5 Å². The van der Waals surface area contributed by atoms with Crippen LogP contribution in [0.15, 0.2) is 4.52 Å². The second kappa shape index (κ2) is 6.59. The number of nitrogens with one attached hydrogen (secondary N) is 1. The Hall–Kier alpha value is -1.38. The molecule has 2 aromatic heterocycles. The molecular formula is C13H20N6OS. The van der Waals surface area contributed by atoms with E-state index in [4.69, 9.17) is 4.52 Å². The number of nitrogens with zero attached hydrogens (tertiary/aromatic N) is 5.